The molecule has 0 spiro atoms. The SMILES string of the molecule is CCOCCOc1cccc(N)c1C. The molecule has 0 amide bonds. The molecular weight excluding hydrogens is 178 g/mol. The van der Waals surface area contributed by atoms with E-state index >= 15 is 0 Å². The zero-order valence-corrected chi connectivity index (χ0v) is 8.75. The van der Waals surface area contributed by atoms with Crippen LogP contribution in [0.2, 0.25) is 0 Å². The van der Waals surface area contributed by atoms with E-state index in [1.54, 1.807) is 0 Å². The van der Waals surface area contributed by atoms with Gasteiger partial charge >= 0.3 is 0 Å². The molecule has 1 aromatic carbocycles. The summed E-state index contributed by atoms with van der Waals surface area (Å²) in [5, 5.41) is 0. The van der Waals surface area contributed by atoms with Crippen molar-refractivity contribution in [2.75, 3.05) is 25.6 Å². The monoisotopic (exact) mass is 195 g/mol. The zero-order valence-electron chi connectivity index (χ0n) is 8.75. The van der Waals surface area contributed by atoms with Gasteiger partial charge in [0.15, 0.2) is 0 Å². The van der Waals surface area contributed by atoms with E-state index in [4.69, 9.17) is 15.2 Å². The van der Waals surface area contributed by atoms with Crippen molar-refractivity contribution in [3.63, 3.8) is 0 Å². The average Bonchev–Trinajstić information content (AvgIpc) is 2.19. The van der Waals surface area contributed by atoms with E-state index in [-0.39, 0.29) is 0 Å². The predicted octanol–water partition coefficient (Wildman–Crippen LogP) is 1.99. The summed E-state index contributed by atoms with van der Waals surface area (Å²) >= 11 is 0. The maximum Gasteiger partial charge on any atom is 0.124 e. The maximum absolute atomic E-state index is 5.74. The quantitative estimate of drug-likeness (QED) is 0.577. The molecule has 0 saturated carbocycles. The molecule has 0 radical (unpaired) electrons. The summed E-state index contributed by atoms with van der Waals surface area (Å²) in [5.41, 5.74) is 7.49. The Morgan fingerprint density at radius 2 is 2.07 bits per heavy atom. The van der Waals surface area contributed by atoms with Crippen molar-refractivity contribution in [1.82, 2.24) is 0 Å². The van der Waals surface area contributed by atoms with Crippen LogP contribution >= 0.6 is 0 Å². The van der Waals surface area contributed by atoms with E-state index in [2.05, 4.69) is 0 Å². The molecule has 3 nitrogen and oxygen atoms in total. The minimum Gasteiger partial charge on any atom is -0.491 e. The van der Waals surface area contributed by atoms with Crippen molar-refractivity contribution < 1.29 is 9.47 Å². The summed E-state index contributed by atoms with van der Waals surface area (Å²) in [6.07, 6.45) is 0. The lowest BCUT2D eigenvalue weighted by atomic mass is 10.2. The summed E-state index contributed by atoms with van der Waals surface area (Å²) in [6.45, 7) is 5.82. The number of anilines is 1. The Bertz CT molecular complexity index is 287. The van der Waals surface area contributed by atoms with Crippen LogP contribution < -0.4 is 10.5 Å². The van der Waals surface area contributed by atoms with Gasteiger partial charge < -0.3 is 15.2 Å². The van der Waals surface area contributed by atoms with Crippen LogP contribution in [0.15, 0.2) is 18.2 Å². The van der Waals surface area contributed by atoms with Crippen LogP contribution in [0.4, 0.5) is 5.69 Å². The van der Waals surface area contributed by atoms with Gasteiger partial charge in [0, 0.05) is 17.9 Å². The lowest BCUT2D eigenvalue weighted by Crippen LogP contribution is -2.07. The second-order valence-electron chi connectivity index (χ2n) is 3.02. The first-order valence-corrected chi connectivity index (χ1v) is 4.81. The minimum absolute atomic E-state index is 0.568. The molecule has 0 saturated heterocycles. The fourth-order valence-electron chi connectivity index (χ4n) is 1.14. The van der Waals surface area contributed by atoms with Crippen LogP contribution in [0.25, 0.3) is 0 Å². The molecule has 3 heteroatoms. The number of rotatable bonds is 5. The molecule has 1 rings (SSSR count). The first-order valence-electron chi connectivity index (χ1n) is 4.81. The lowest BCUT2D eigenvalue weighted by molar-refractivity contribution is 0.110. The van der Waals surface area contributed by atoms with Gasteiger partial charge in [-0.05, 0) is 26.0 Å². The van der Waals surface area contributed by atoms with Crippen LogP contribution in [-0.4, -0.2) is 19.8 Å². The highest BCUT2D eigenvalue weighted by molar-refractivity contribution is 5.53. The van der Waals surface area contributed by atoms with Crippen molar-refractivity contribution in [3.8, 4) is 5.75 Å². The largest absolute Gasteiger partial charge is 0.491 e. The molecule has 2 N–H and O–H groups in total. The predicted molar refractivity (Wildman–Crippen MR) is 57.6 cm³/mol. The fourth-order valence-corrected chi connectivity index (χ4v) is 1.14. The molecule has 0 atom stereocenters. The Morgan fingerprint density at radius 3 is 2.79 bits per heavy atom. The molecule has 0 heterocycles. The third-order valence-electron chi connectivity index (χ3n) is 2.02. The van der Waals surface area contributed by atoms with Crippen LogP contribution in [0.3, 0.4) is 0 Å². The lowest BCUT2D eigenvalue weighted by Gasteiger charge is -2.10. The third-order valence-corrected chi connectivity index (χ3v) is 2.02. The first-order chi connectivity index (χ1) is 6.75. The Balaban J connectivity index is 2.46. The number of benzene rings is 1. The van der Waals surface area contributed by atoms with E-state index in [1.807, 2.05) is 32.0 Å². The fraction of sp³-hybridized carbons (Fsp3) is 0.455. The Labute approximate surface area is 84.8 Å². The molecular formula is C11H17NO2. The second kappa shape index (κ2) is 5.50. The summed E-state index contributed by atoms with van der Waals surface area (Å²) in [5.74, 6) is 0.838. The molecule has 0 aromatic heterocycles. The number of hydrogen-bond donors (Lipinski definition) is 1. The normalized spacial score (nSPS) is 10.1. The van der Waals surface area contributed by atoms with Gasteiger partial charge in [-0.25, -0.2) is 0 Å². The number of nitrogens with two attached hydrogens (primary N) is 1. The summed E-state index contributed by atoms with van der Waals surface area (Å²) in [4.78, 5) is 0. The van der Waals surface area contributed by atoms with Gasteiger partial charge in [-0.2, -0.15) is 0 Å². The Hall–Kier alpha value is -1.22. The molecule has 1 aromatic rings. The van der Waals surface area contributed by atoms with Crippen LogP contribution in [0.1, 0.15) is 12.5 Å². The average molecular weight is 195 g/mol. The van der Waals surface area contributed by atoms with Crippen molar-refractivity contribution in [1.29, 1.82) is 0 Å². The van der Waals surface area contributed by atoms with E-state index in [0.717, 1.165) is 23.6 Å². The van der Waals surface area contributed by atoms with E-state index < -0.39 is 0 Å². The minimum atomic E-state index is 0.568. The molecule has 0 unspecified atom stereocenters. The van der Waals surface area contributed by atoms with Gasteiger partial charge in [0.1, 0.15) is 12.4 Å². The molecule has 78 valence electrons. The van der Waals surface area contributed by atoms with Crippen molar-refractivity contribution in [3.05, 3.63) is 23.8 Å². The maximum atomic E-state index is 5.74. The molecule has 0 aliphatic carbocycles. The highest BCUT2D eigenvalue weighted by atomic mass is 16.5. The van der Waals surface area contributed by atoms with Crippen molar-refractivity contribution in [2.45, 2.75) is 13.8 Å². The summed E-state index contributed by atoms with van der Waals surface area (Å²) in [7, 11) is 0. The molecule has 0 bridgehead atoms. The zero-order chi connectivity index (χ0) is 10.4. The van der Waals surface area contributed by atoms with E-state index in [0.29, 0.717) is 13.2 Å². The van der Waals surface area contributed by atoms with Crippen LogP contribution in [-0.2, 0) is 4.74 Å². The molecule has 0 fully saturated rings. The second-order valence-corrected chi connectivity index (χ2v) is 3.02. The third kappa shape index (κ3) is 2.92. The van der Waals surface area contributed by atoms with Crippen molar-refractivity contribution in [2.24, 2.45) is 0 Å². The van der Waals surface area contributed by atoms with E-state index in [1.165, 1.54) is 0 Å². The number of ether oxygens (including phenoxy) is 2. The van der Waals surface area contributed by atoms with Gasteiger partial charge in [0.25, 0.3) is 0 Å². The Kier molecular flexibility index (Phi) is 4.26. The molecule has 14 heavy (non-hydrogen) atoms. The topological polar surface area (TPSA) is 44.5 Å². The van der Waals surface area contributed by atoms with Gasteiger partial charge in [-0.1, -0.05) is 6.07 Å². The number of hydrogen-bond acceptors (Lipinski definition) is 3. The van der Waals surface area contributed by atoms with Gasteiger partial charge in [-0.3, -0.25) is 0 Å². The van der Waals surface area contributed by atoms with Gasteiger partial charge in [0.2, 0.25) is 0 Å². The summed E-state index contributed by atoms with van der Waals surface area (Å²) in [6, 6.07) is 5.67. The van der Waals surface area contributed by atoms with Gasteiger partial charge in [0.05, 0.1) is 6.61 Å². The van der Waals surface area contributed by atoms with Gasteiger partial charge in [-0.15, -0.1) is 0 Å². The van der Waals surface area contributed by atoms with Crippen LogP contribution in [0, 0.1) is 6.92 Å². The van der Waals surface area contributed by atoms with Crippen molar-refractivity contribution >= 4 is 5.69 Å². The highest BCUT2D eigenvalue weighted by Crippen LogP contribution is 2.22. The summed E-state index contributed by atoms with van der Waals surface area (Å²) < 4.78 is 10.7. The molecule has 0 aliphatic heterocycles. The number of nitrogen functional groups attached to an aromatic ring is 1. The van der Waals surface area contributed by atoms with E-state index in [9.17, 15) is 0 Å². The first kappa shape index (κ1) is 10.9. The highest BCUT2D eigenvalue weighted by Gasteiger charge is 2.01. The molecule has 0 aliphatic rings. The Morgan fingerprint density at radius 1 is 1.29 bits per heavy atom. The smallest absolute Gasteiger partial charge is 0.124 e. The van der Waals surface area contributed by atoms with Crippen LogP contribution in [0.5, 0.6) is 5.75 Å². The standard InChI is InChI=1S/C11H17NO2/c1-3-13-7-8-14-11-6-4-5-10(12)9(11)2/h4-6H,3,7-8,12H2,1-2H3.